The molecule has 0 saturated carbocycles. The largest absolute Gasteiger partial charge is 0.497 e. The number of aliphatic imine (C=N–C) groups is 1. The number of ether oxygens (including phenoxy) is 2. The van der Waals surface area contributed by atoms with Gasteiger partial charge >= 0.3 is 0 Å². The Morgan fingerprint density at radius 2 is 1.93 bits per heavy atom. The average molecular weight is 424 g/mol. The second-order valence-electron chi connectivity index (χ2n) is 6.87. The van der Waals surface area contributed by atoms with Gasteiger partial charge in [0.1, 0.15) is 22.3 Å². The molecule has 1 heterocycles. The summed E-state index contributed by atoms with van der Waals surface area (Å²) in [7, 11) is 3.12. The number of fused-ring (bicyclic) bond motifs is 1. The van der Waals surface area contributed by atoms with Gasteiger partial charge in [0.05, 0.1) is 25.5 Å². The van der Waals surface area contributed by atoms with Crippen molar-refractivity contribution in [2.24, 2.45) is 4.99 Å². The molecule has 5 nitrogen and oxygen atoms in total. The maximum Gasteiger partial charge on any atom is 0.259 e. The number of hydrogen-bond donors (Lipinski definition) is 1. The zero-order chi connectivity index (χ0) is 21.1. The van der Waals surface area contributed by atoms with E-state index in [0.717, 1.165) is 30.4 Å². The minimum Gasteiger partial charge on any atom is -0.497 e. The third kappa shape index (κ3) is 4.07. The smallest absolute Gasteiger partial charge is 0.259 e. The van der Waals surface area contributed by atoms with Gasteiger partial charge < -0.3 is 14.8 Å². The maximum atomic E-state index is 13.2. The summed E-state index contributed by atoms with van der Waals surface area (Å²) in [6, 6.07) is 11.3. The minimum atomic E-state index is -0.296. The van der Waals surface area contributed by atoms with Crippen molar-refractivity contribution in [1.82, 2.24) is 0 Å². The SMILES string of the molecule is COc1ccc(NC(=O)c2c(/N=C/c3ccc(F)cc3)sc3c2CCC3)c(OC)c1. The van der Waals surface area contributed by atoms with Crippen LogP contribution in [-0.4, -0.2) is 26.3 Å². The highest BCUT2D eigenvalue weighted by molar-refractivity contribution is 7.16. The Kier molecular flexibility index (Phi) is 5.81. The van der Waals surface area contributed by atoms with Crippen LogP contribution in [0.25, 0.3) is 0 Å². The molecule has 154 valence electrons. The van der Waals surface area contributed by atoms with Gasteiger partial charge in [0, 0.05) is 17.2 Å². The van der Waals surface area contributed by atoms with Crippen molar-refractivity contribution in [3.8, 4) is 11.5 Å². The molecule has 1 aromatic heterocycles. The summed E-state index contributed by atoms with van der Waals surface area (Å²) < 4.78 is 23.7. The molecule has 0 radical (unpaired) electrons. The lowest BCUT2D eigenvalue weighted by atomic mass is 10.1. The molecule has 2 aromatic carbocycles. The number of thiophene rings is 1. The fraction of sp³-hybridized carbons (Fsp3) is 0.217. The first kappa shape index (κ1) is 20.1. The van der Waals surface area contributed by atoms with Gasteiger partial charge in [0.15, 0.2) is 0 Å². The predicted octanol–water partition coefficient (Wildman–Crippen LogP) is 5.40. The topological polar surface area (TPSA) is 59.9 Å². The monoisotopic (exact) mass is 424 g/mol. The molecular weight excluding hydrogens is 403 g/mol. The second-order valence-corrected chi connectivity index (χ2v) is 7.95. The zero-order valence-corrected chi connectivity index (χ0v) is 17.5. The molecule has 0 spiro atoms. The van der Waals surface area contributed by atoms with Crippen molar-refractivity contribution < 1.29 is 18.7 Å². The van der Waals surface area contributed by atoms with Crippen LogP contribution in [0.15, 0.2) is 47.5 Å². The molecule has 3 aromatic rings. The van der Waals surface area contributed by atoms with Gasteiger partial charge in [-0.3, -0.25) is 4.79 Å². The summed E-state index contributed by atoms with van der Waals surface area (Å²) in [5.41, 5.74) is 3.00. The van der Waals surface area contributed by atoms with E-state index in [1.54, 1.807) is 62.1 Å². The van der Waals surface area contributed by atoms with Crippen LogP contribution < -0.4 is 14.8 Å². The molecule has 1 aliphatic rings. The number of amides is 1. The van der Waals surface area contributed by atoms with Gasteiger partial charge in [0.25, 0.3) is 5.91 Å². The number of aryl methyl sites for hydroxylation is 1. The Hall–Kier alpha value is -3.19. The predicted molar refractivity (Wildman–Crippen MR) is 117 cm³/mol. The number of anilines is 1. The number of carbonyl (C=O) groups is 1. The van der Waals surface area contributed by atoms with Crippen LogP contribution in [0.1, 0.15) is 32.8 Å². The molecule has 0 bridgehead atoms. The van der Waals surface area contributed by atoms with Crippen molar-refractivity contribution in [2.75, 3.05) is 19.5 Å². The summed E-state index contributed by atoms with van der Waals surface area (Å²) in [6.45, 7) is 0. The van der Waals surface area contributed by atoms with Gasteiger partial charge in [-0.05, 0) is 54.7 Å². The van der Waals surface area contributed by atoms with Gasteiger partial charge in [-0.25, -0.2) is 9.38 Å². The molecule has 1 amide bonds. The first-order valence-corrected chi connectivity index (χ1v) is 10.4. The Morgan fingerprint density at radius 3 is 2.67 bits per heavy atom. The van der Waals surface area contributed by atoms with Gasteiger partial charge in [0.2, 0.25) is 0 Å². The average Bonchev–Trinajstić information content (AvgIpc) is 3.34. The zero-order valence-electron chi connectivity index (χ0n) is 16.7. The fourth-order valence-corrected chi connectivity index (χ4v) is 4.71. The van der Waals surface area contributed by atoms with E-state index < -0.39 is 0 Å². The Balaban J connectivity index is 1.65. The highest BCUT2D eigenvalue weighted by atomic mass is 32.1. The summed E-state index contributed by atoms with van der Waals surface area (Å²) in [5.74, 6) is 0.650. The molecule has 0 fully saturated rings. The first-order chi connectivity index (χ1) is 14.6. The van der Waals surface area contributed by atoms with E-state index in [1.165, 1.54) is 17.0 Å². The Morgan fingerprint density at radius 1 is 1.13 bits per heavy atom. The quantitative estimate of drug-likeness (QED) is 0.539. The van der Waals surface area contributed by atoms with Crippen molar-refractivity contribution in [3.05, 3.63) is 69.8 Å². The lowest BCUT2D eigenvalue weighted by molar-refractivity contribution is 0.102. The number of halogens is 1. The van der Waals surface area contributed by atoms with E-state index in [2.05, 4.69) is 10.3 Å². The second kappa shape index (κ2) is 8.67. The minimum absolute atomic E-state index is 0.218. The molecule has 30 heavy (non-hydrogen) atoms. The maximum absolute atomic E-state index is 13.2. The van der Waals surface area contributed by atoms with Crippen LogP contribution in [0.3, 0.4) is 0 Å². The number of nitrogens with zero attached hydrogens (tertiary/aromatic N) is 1. The van der Waals surface area contributed by atoms with Gasteiger partial charge in [-0.2, -0.15) is 0 Å². The van der Waals surface area contributed by atoms with E-state index in [0.29, 0.717) is 27.8 Å². The molecule has 1 aliphatic carbocycles. The first-order valence-electron chi connectivity index (χ1n) is 9.56. The normalized spacial score (nSPS) is 12.8. The molecule has 4 rings (SSSR count). The van der Waals surface area contributed by atoms with Crippen molar-refractivity contribution in [1.29, 1.82) is 0 Å². The molecule has 1 N–H and O–H groups in total. The fourth-order valence-electron chi connectivity index (χ4n) is 3.48. The number of methoxy groups -OCH3 is 2. The van der Waals surface area contributed by atoms with E-state index >= 15 is 0 Å². The third-order valence-corrected chi connectivity index (χ3v) is 6.19. The lowest BCUT2D eigenvalue weighted by Crippen LogP contribution is -2.14. The summed E-state index contributed by atoms with van der Waals surface area (Å²) in [5, 5.41) is 3.62. The molecule has 0 saturated heterocycles. The number of nitrogens with one attached hydrogen (secondary N) is 1. The van der Waals surface area contributed by atoms with Gasteiger partial charge in [-0.15, -0.1) is 11.3 Å². The lowest BCUT2D eigenvalue weighted by Gasteiger charge is -2.12. The van der Waals surface area contributed by atoms with E-state index in [-0.39, 0.29) is 11.7 Å². The van der Waals surface area contributed by atoms with Crippen LogP contribution in [0.5, 0.6) is 11.5 Å². The molecule has 0 aliphatic heterocycles. The van der Waals surface area contributed by atoms with Crippen molar-refractivity contribution in [3.63, 3.8) is 0 Å². The van der Waals surface area contributed by atoms with Crippen LogP contribution >= 0.6 is 11.3 Å². The Bertz CT molecular complexity index is 1110. The van der Waals surface area contributed by atoms with Crippen LogP contribution in [0, 0.1) is 5.82 Å². The van der Waals surface area contributed by atoms with E-state index in [1.807, 2.05) is 0 Å². The number of benzene rings is 2. The standard InChI is InChI=1S/C23H21FN2O3S/c1-28-16-10-11-18(19(12-16)29-2)26-22(27)21-17-4-3-5-20(17)30-23(21)25-13-14-6-8-15(24)9-7-14/h6-13H,3-5H2,1-2H3,(H,26,27)/b25-13+. The molecule has 0 atom stereocenters. The van der Waals surface area contributed by atoms with Crippen molar-refractivity contribution in [2.45, 2.75) is 19.3 Å². The van der Waals surface area contributed by atoms with Crippen LogP contribution in [-0.2, 0) is 12.8 Å². The number of carbonyl (C=O) groups excluding carboxylic acids is 1. The van der Waals surface area contributed by atoms with E-state index in [9.17, 15) is 9.18 Å². The highest BCUT2D eigenvalue weighted by Crippen LogP contribution is 2.41. The number of rotatable bonds is 6. The highest BCUT2D eigenvalue weighted by Gasteiger charge is 2.27. The van der Waals surface area contributed by atoms with Crippen molar-refractivity contribution >= 4 is 34.1 Å². The summed E-state index contributed by atoms with van der Waals surface area (Å²) in [4.78, 5) is 19.0. The van der Waals surface area contributed by atoms with Gasteiger partial charge in [-0.1, -0.05) is 12.1 Å². The molecule has 0 unspecified atom stereocenters. The molecular formula is C23H21FN2O3S. The van der Waals surface area contributed by atoms with Crippen LogP contribution in [0.4, 0.5) is 15.1 Å². The van der Waals surface area contributed by atoms with Crippen LogP contribution in [0.2, 0.25) is 0 Å². The van der Waals surface area contributed by atoms with E-state index in [4.69, 9.17) is 9.47 Å². The Labute approximate surface area is 178 Å². The summed E-state index contributed by atoms with van der Waals surface area (Å²) >= 11 is 1.54. The molecule has 7 heteroatoms. The number of hydrogen-bond acceptors (Lipinski definition) is 5. The summed E-state index contributed by atoms with van der Waals surface area (Å²) in [6.07, 6.45) is 4.51. The third-order valence-electron chi connectivity index (χ3n) is 4.99.